The highest BCUT2D eigenvalue weighted by Crippen LogP contribution is 2.36. The molecule has 1 aliphatic heterocycles. The molecule has 0 N–H and O–H groups in total. The van der Waals surface area contributed by atoms with Crippen molar-refractivity contribution in [3.63, 3.8) is 0 Å². The van der Waals surface area contributed by atoms with Gasteiger partial charge in [0.25, 0.3) is 5.79 Å². The van der Waals surface area contributed by atoms with Gasteiger partial charge in [-0.2, -0.15) is 0 Å². The predicted octanol–water partition coefficient (Wildman–Crippen LogP) is 1.79. The van der Waals surface area contributed by atoms with E-state index in [-0.39, 0.29) is 6.42 Å². The van der Waals surface area contributed by atoms with Crippen LogP contribution in [0, 0.1) is 5.41 Å². The van der Waals surface area contributed by atoms with Gasteiger partial charge < -0.3 is 9.47 Å². The molecule has 0 spiro atoms. The van der Waals surface area contributed by atoms with Gasteiger partial charge in [-0.05, 0) is 20.3 Å². The molecule has 1 heterocycles. The van der Waals surface area contributed by atoms with Crippen molar-refractivity contribution in [2.45, 2.75) is 39.9 Å². The molecular weight excluding hydrogens is 196 g/mol. The van der Waals surface area contributed by atoms with Gasteiger partial charge in [0.15, 0.2) is 5.41 Å². The zero-order valence-corrected chi connectivity index (χ0v) is 9.55. The molecule has 0 saturated carbocycles. The normalized spacial score (nSPS) is 22.9. The molecule has 0 aromatic rings. The first-order chi connectivity index (χ1) is 6.67. The Kier molecular flexibility index (Phi) is 2.63. The Morgan fingerprint density at radius 3 is 1.93 bits per heavy atom. The first kappa shape index (κ1) is 11.8. The topological polar surface area (TPSA) is 52.6 Å². The maximum absolute atomic E-state index is 11.7. The standard InChI is InChI=1S/C11H16O4/c1-7(2)6-11(5)8(12)14-10(3,4)15-9(11)13/h1,6H2,2-5H3. The molecule has 0 aromatic heterocycles. The van der Waals surface area contributed by atoms with Gasteiger partial charge in [-0.25, -0.2) is 0 Å². The molecule has 84 valence electrons. The van der Waals surface area contributed by atoms with Crippen molar-refractivity contribution >= 4 is 11.9 Å². The number of hydrogen-bond donors (Lipinski definition) is 0. The summed E-state index contributed by atoms with van der Waals surface area (Å²) in [5.41, 5.74) is -0.507. The van der Waals surface area contributed by atoms with E-state index in [1.807, 2.05) is 0 Å². The minimum Gasteiger partial charge on any atom is -0.422 e. The minimum absolute atomic E-state index is 0.251. The first-order valence-corrected chi connectivity index (χ1v) is 4.79. The Balaban J connectivity index is 2.97. The van der Waals surface area contributed by atoms with E-state index in [9.17, 15) is 9.59 Å². The molecule has 0 aromatic carbocycles. The number of cyclic esters (lactones) is 2. The van der Waals surface area contributed by atoms with Crippen LogP contribution in [-0.2, 0) is 19.1 Å². The lowest BCUT2D eigenvalue weighted by atomic mass is 9.83. The fourth-order valence-corrected chi connectivity index (χ4v) is 1.52. The smallest absolute Gasteiger partial charge is 0.326 e. The summed E-state index contributed by atoms with van der Waals surface area (Å²) in [7, 11) is 0. The molecule has 0 unspecified atom stereocenters. The number of rotatable bonds is 2. The molecule has 0 radical (unpaired) electrons. The summed E-state index contributed by atoms with van der Waals surface area (Å²) in [4.78, 5) is 23.4. The largest absolute Gasteiger partial charge is 0.422 e. The van der Waals surface area contributed by atoms with E-state index in [0.717, 1.165) is 5.57 Å². The fourth-order valence-electron chi connectivity index (χ4n) is 1.52. The van der Waals surface area contributed by atoms with E-state index < -0.39 is 23.1 Å². The Bertz CT molecular complexity index is 307. The minimum atomic E-state index is -1.25. The Morgan fingerprint density at radius 2 is 1.60 bits per heavy atom. The van der Waals surface area contributed by atoms with Crippen LogP contribution in [0.25, 0.3) is 0 Å². The lowest BCUT2D eigenvalue weighted by molar-refractivity contribution is -0.249. The molecule has 4 heteroatoms. The SMILES string of the molecule is C=C(C)CC1(C)C(=O)OC(C)(C)OC1=O. The van der Waals surface area contributed by atoms with Gasteiger partial charge in [0.05, 0.1) is 0 Å². The molecule has 15 heavy (non-hydrogen) atoms. The lowest BCUT2D eigenvalue weighted by Crippen LogP contribution is -2.52. The van der Waals surface area contributed by atoms with Gasteiger partial charge in [-0.15, -0.1) is 6.58 Å². The van der Waals surface area contributed by atoms with Crippen molar-refractivity contribution in [3.05, 3.63) is 12.2 Å². The third-order valence-electron chi connectivity index (χ3n) is 2.23. The highest BCUT2D eigenvalue weighted by Gasteiger charge is 2.52. The monoisotopic (exact) mass is 212 g/mol. The van der Waals surface area contributed by atoms with Crippen LogP contribution >= 0.6 is 0 Å². The van der Waals surface area contributed by atoms with Gasteiger partial charge in [0.2, 0.25) is 0 Å². The molecule has 0 bridgehead atoms. The number of carbonyl (C=O) groups is 2. The van der Waals surface area contributed by atoms with Gasteiger partial charge in [0.1, 0.15) is 0 Å². The third-order valence-corrected chi connectivity index (χ3v) is 2.23. The van der Waals surface area contributed by atoms with Crippen LogP contribution in [0.15, 0.2) is 12.2 Å². The van der Waals surface area contributed by atoms with Crippen LogP contribution in [-0.4, -0.2) is 17.7 Å². The first-order valence-electron chi connectivity index (χ1n) is 4.79. The average molecular weight is 212 g/mol. The van der Waals surface area contributed by atoms with Crippen LogP contribution in [0.5, 0.6) is 0 Å². The van der Waals surface area contributed by atoms with E-state index in [4.69, 9.17) is 9.47 Å². The van der Waals surface area contributed by atoms with E-state index >= 15 is 0 Å². The molecule has 0 aliphatic carbocycles. The lowest BCUT2D eigenvalue weighted by Gasteiger charge is -2.38. The summed E-state index contributed by atoms with van der Waals surface area (Å²) in [6.07, 6.45) is 0.251. The highest BCUT2D eigenvalue weighted by atomic mass is 16.7. The highest BCUT2D eigenvalue weighted by molar-refractivity contribution is 6.01. The number of allylic oxidation sites excluding steroid dienone is 1. The third kappa shape index (κ3) is 2.19. The van der Waals surface area contributed by atoms with Crippen molar-refractivity contribution in [2.24, 2.45) is 5.41 Å². The zero-order valence-electron chi connectivity index (χ0n) is 9.55. The van der Waals surface area contributed by atoms with Crippen molar-refractivity contribution in [2.75, 3.05) is 0 Å². The summed E-state index contributed by atoms with van der Waals surface area (Å²) >= 11 is 0. The number of carbonyl (C=O) groups excluding carboxylic acids is 2. The van der Waals surface area contributed by atoms with Gasteiger partial charge >= 0.3 is 11.9 Å². The number of hydrogen-bond acceptors (Lipinski definition) is 4. The number of esters is 2. The predicted molar refractivity (Wildman–Crippen MR) is 53.8 cm³/mol. The van der Waals surface area contributed by atoms with Crippen LogP contribution in [0.3, 0.4) is 0 Å². The summed E-state index contributed by atoms with van der Waals surface area (Å²) in [6, 6.07) is 0. The Labute approximate surface area is 89.2 Å². The fraction of sp³-hybridized carbons (Fsp3) is 0.636. The molecule has 0 atom stereocenters. The molecular formula is C11H16O4. The van der Waals surface area contributed by atoms with Crippen LogP contribution in [0.2, 0.25) is 0 Å². The second-order valence-electron chi connectivity index (χ2n) is 4.64. The van der Waals surface area contributed by atoms with Crippen LogP contribution in [0.4, 0.5) is 0 Å². The number of ether oxygens (including phenoxy) is 2. The quantitative estimate of drug-likeness (QED) is 0.398. The average Bonchev–Trinajstić information content (AvgIpc) is 1.98. The van der Waals surface area contributed by atoms with E-state index in [0.29, 0.717) is 0 Å². The maximum Gasteiger partial charge on any atom is 0.326 e. The summed E-state index contributed by atoms with van der Waals surface area (Å²) in [5.74, 6) is -2.26. The van der Waals surface area contributed by atoms with Gasteiger partial charge in [-0.1, -0.05) is 5.57 Å². The molecule has 1 rings (SSSR count). The maximum atomic E-state index is 11.7. The van der Waals surface area contributed by atoms with Crippen LogP contribution in [0.1, 0.15) is 34.1 Å². The van der Waals surface area contributed by atoms with Crippen molar-refractivity contribution in [3.8, 4) is 0 Å². The zero-order chi connectivity index (χ0) is 11.9. The van der Waals surface area contributed by atoms with E-state index in [1.54, 1.807) is 6.92 Å². The van der Waals surface area contributed by atoms with Crippen molar-refractivity contribution in [1.29, 1.82) is 0 Å². The molecule has 1 aliphatic rings. The Morgan fingerprint density at radius 1 is 1.20 bits per heavy atom. The van der Waals surface area contributed by atoms with Gasteiger partial charge in [-0.3, -0.25) is 9.59 Å². The van der Waals surface area contributed by atoms with E-state index in [2.05, 4.69) is 6.58 Å². The molecule has 4 nitrogen and oxygen atoms in total. The molecule has 1 fully saturated rings. The second-order valence-corrected chi connectivity index (χ2v) is 4.64. The molecule has 1 saturated heterocycles. The van der Waals surface area contributed by atoms with E-state index in [1.165, 1.54) is 20.8 Å². The van der Waals surface area contributed by atoms with Crippen LogP contribution < -0.4 is 0 Å². The molecule has 0 amide bonds. The van der Waals surface area contributed by atoms with Crippen molar-refractivity contribution < 1.29 is 19.1 Å². The van der Waals surface area contributed by atoms with Gasteiger partial charge in [0, 0.05) is 13.8 Å². The second kappa shape index (κ2) is 3.36. The Hall–Kier alpha value is -1.32. The summed E-state index contributed by atoms with van der Waals surface area (Å²) in [6.45, 7) is 10.0. The van der Waals surface area contributed by atoms with Crippen molar-refractivity contribution in [1.82, 2.24) is 0 Å². The summed E-state index contributed by atoms with van der Waals surface area (Å²) < 4.78 is 10.1. The summed E-state index contributed by atoms with van der Waals surface area (Å²) in [5, 5.41) is 0.